The molecule has 0 saturated carbocycles. The van der Waals surface area contributed by atoms with Crippen LogP contribution in [0.25, 0.3) is 0 Å². The molecular weight excluding hydrogens is 395 g/mol. The lowest BCUT2D eigenvalue weighted by molar-refractivity contribution is -0.136. The van der Waals surface area contributed by atoms with Crippen molar-refractivity contribution in [1.82, 2.24) is 9.80 Å². The first-order valence-electron chi connectivity index (χ1n) is 8.52. The number of rotatable bonds is 3. The second-order valence-electron chi connectivity index (χ2n) is 6.36. The maximum Gasteiger partial charge on any atom is 0.418 e. The van der Waals surface area contributed by atoms with Gasteiger partial charge in [-0.3, -0.25) is 4.90 Å². The highest BCUT2D eigenvalue weighted by Crippen LogP contribution is 2.34. The summed E-state index contributed by atoms with van der Waals surface area (Å²) in [5.74, 6) is 0. The van der Waals surface area contributed by atoms with E-state index >= 15 is 0 Å². The fourth-order valence-corrected chi connectivity index (χ4v) is 3.41. The molecule has 0 aromatic heterocycles. The quantitative estimate of drug-likeness (QED) is 0.723. The second kappa shape index (κ2) is 8.46. The summed E-state index contributed by atoms with van der Waals surface area (Å²) in [7, 11) is 0. The van der Waals surface area contributed by atoms with E-state index in [9.17, 15) is 13.2 Å². The van der Waals surface area contributed by atoms with Crippen molar-refractivity contribution in [2.45, 2.75) is 12.7 Å². The van der Waals surface area contributed by atoms with E-state index in [-0.39, 0.29) is 5.69 Å². The zero-order valence-corrected chi connectivity index (χ0v) is 16.0. The fourth-order valence-electron chi connectivity index (χ4n) is 2.99. The standard InChI is InChI=1S/C19H19ClF3N3S/c20-15-7-5-14(6-8-15)13-25-9-11-26(12-10-25)18(27)24-17-4-2-1-3-16(17)19(21,22)23/h1-8H,9-13H2,(H,24,27). The predicted octanol–water partition coefficient (Wildman–Crippen LogP) is 4.87. The highest BCUT2D eigenvalue weighted by molar-refractivity contribution is 7.80. The Morgan fingerprint density at radius 3 is 2.26 bits per heavy atom. The summed E-state index contributed by atoms with van der Waals surface area (Å²) < 4.78 is 39.3. The van der Waals surface area contributed by atoms with Crippen molar-refractivity contribution in [2.24, 2.45) is 0 Å². The van der Waals surface area contributed by atoms with E-state index in [4.69, 9.17) is 23.8 Å². The number of benzene rings is 2. The van der Waals surface area contributed by atoms with Crippen LogP contribution < -0.4 is 5.32 Å². The lowest BCUT2D eigenvalue weighted by Gasteiger charge is -2.36. The maximum absolute atomic E-state index is 13.1. The molecule has 0 amide bonds. The molecule has 27 heavy (non-hydrogen) atoms. The number of piperazine rings is 1. The Balaban J connectivity index is 1.55. The van der Waals surface area contributed by atoms with Crippen molar-refractivity contribution in [1.29, 1.82) is 0 Å². The van der Waals surface area contributed by atoms with E-state index in [1.165, 1.54) is 17.7 Å². The van der Waals surface area contributed by atoms with Crippen molar-refractivity contribution < 1.29 is 13.2 Å². The molecule has 1 aliphatic rings. The molecule has 0 spiro atoms. The molecule has 0 radical (unpaired) electrons. The van der Waals surface area contributed by atoms with Crippen molar-refractivity contribution in [2.75, 3.05) is 31.5 Å². The van der Waals surface area contributed by atoms with Crippen LogP contribution in [0.4, 0.5) is 18.9 Å². The monoisotopic (exact) mass is 413 g/mol. The first-order valence-corrected chi connectivity index (χ1v) is 9.30. The van der Waals surface area contributed by atoms with Gasteiger partial charge in [0.1, 0.15) is 0 Å². The zero-order chi connectivity index (χ0) is 19.4. The number of nitrogens with zero attached hydrogens (tertiary/aromatic N) is 2. The lowest BCUT2D eigenvalue weighted by Crippen LogP contribution is -2.49. The number of alkyl halides is 3. The highest BCUT2D eigenvalue weighted by atomic mass is 35.5. The Kier molecular flexibility index (Phi) is 6.24. The largest absolute Gasteiger partial charge is 0.418 e. The van der Waals surface area contributed by atoms with Crippen molar-refractivity contribution in [3.63, 3.8) is 0 Å². The maximum atomic E-state index is 13.1. The molecule has 0 bridgehead atoms. The van der Waals surface area contributed by atoms with Crippen LogP contribution in [0.5, 0.6) is 0 Å². The third kappa shape index (κ3) is 5.34. The molecule has 8 heteroatoms. The molecular formula is C19H19ClF3N3S. The molecule has 1 fully saturated rings. The van der Waals surface area contributed by atoms with Gasteiger partial charge in [0.05, 0.1) is 11.3 Å². The SMILES string of the molecule is FC(F)(F)c1ccccc1NC(=S)N1CCN(Cc2ccc(Cl)cc2)CC1. The summed E-state index contributed by atoms with van der Waals surface area (Å²) >= 11 is 11.2. The summed E-state index contributed by atoms with van der Waals surface area (Å²) in [5, 5.41) is 3.79. The Morgan fingerprint density at radius 2 is 1.63 bits per heavy atom. The van der Waals surface area contributed by atoms with Gasteiger partial charge < -0.3 is 10.2 Å². The fraction of sp³-hybridized carbons (Fsp3) is 0.316. The third-order valence-electron chi connectivity index (χ3n) is 4.45. The van der Waals surface area contributed by atoms with Crippen LogP contribution in [0.2, 0.25) is 5.02 Å². The van der Waals surface area contributed by atoms with Crippen LogP contribution in [0.3, 0.4) is 0 Å². The number of halogens is 4. The normalized spacial score (nSPS) is 15.6. The molecule has 1 N–H and O–H groups in total. The van der Waals surface area contributed by atoms with Gasteiger partial charge in [0.25, 0.3) is 0 Å². The molecule has 2 aromatic rings. The topological polar surface area (TPSA) is 18.5 Å². The van der Waals surface area contributed by atoms with Crippen LogP contribution in [0, 0.1) is 0 Å². The minimum atomic E-state index is -4.42. The molecule has 1 saturated heterocycles. The van der Waals surface area contributed by atoms with E-state index < -0.39 is 11.7 Å². The Morgan fingerprint density at radius 1 is 1.00 bits per heavy atom. The van der Waals surface area contributed by atoms with E-state index in [0.717, 1.165) is 25.7 Å². The van der Waals surface area contributed by atoms with Gasteiger partial charge in [0.15, 0.2) is 5.11 Å². The highest BCUT2D eigenvalue weighted by Gasteiger charge is 2.33. The number of hydrogen-bond acceptors (Lipinski definition) is 2. The van der Waals surface area contributed by atoms with Crippen LogP contribution in [0.15, 0.2) is 48.5 Å². The number of nitrogens with one attached hydrogen (secondary N) is 1. The van der Waals surface area contributed by atoms with Crippen molar-refractivity contribution in [3.8, 4) is 0 Å². The van der Waals surface area contributed by atoms with Crippen LogP contribution in [0.1, 0.15) is 11.1 Å². The zero-order valence-electron chi connectivity index (χ0n) is 14.5. The van der Waals surface area contributed by atoms with Gasteiger partial charge in [-0.2, -0.15) is 13.2 Å². The minimum absolute atomic E-state index is 0.0152. The van der Waals surface area contributed by atoms with Gasteiger partial charge in [0, 0.05) is 37.7 Å². The minimum Gasteiger partial charge on any atom is -0.346 e. The van der Waals surface area contributed by atoms with Crippen molar-refractivity contribution in [3.05, 3.63) is 64.7 Å². The average molecular weight is 414 g/mol. The number of hydrogen-bond donors (Lipinski definition) is 1. The van der Waals surface area contributed by atoms with Gasteiger partial charge in [-0.25, -0.2) is 0 Å². The second-order valence-corrected chi connectivity index (χ2v) is 7.19. The number of para-hydroxylation sites is 1. The Labute approximate surface area is 166 Å². The number of anilines is 1. The summed E-state index contributed by atoms with van der Waals surface area (Å²) in [6.07, 6.45) is -4.42. The summed E-state index contributed by atoms with van der Waals surface area (Å²) in [5.41, 5.74) is 0.444. The Hall–Kier alpha value is -1.83. The Bertz CT molecular complexity index is 788. The van der Waals surface area contributed by atoms with Crippen LogP contribution >= 0.6 is 23.8 Å². The molecule has 1 heterocycles. The molecule has 144 valence electrons. The van der Waals surface area contributed by atoms with E-state index in [1.54, 1.807) is 6.07 Å². The van der Waals surface area contributed by atoms with Gasteiger partial charge in [-0.15, -0.1) is 0 Å². The first-order chi connectivity index (χ1) is 12.8. The molecule has 0 aliphatic carbocycles. The summed E-state index contributed by atoms with van der Waals surface area (Å²) in [4.78, 5) is 4.19. The smallest absolute Gasteiger partial charge is 0.346 e. The summed E-state index contributed by atoms with van der Waals surface area (Å²) in [6.45, 7) is 3.69. The summed E-state index contributed by atoms with van der Waals surface area (Å²) in [6, 6.07) is 13.1. The van der Waals surface area contributed by atoms with Gasteiger partial charge in [0.2, 0.25) is 0 Å². The third-order valence-corrected chi connectivity index (χ3v) is 5.07. The molecule has 2 aromatic carbocycles. The molecule has 0 unspecified atom stereocenters. The lowest BCUT2D eigenvalue weighted by atomic mass is 10.1. The molecule has 1 aliphatic heterocycles. The van der Waals surface area contributed by atoms with Crippen molar-refractivity contribution >= 4 is 34.6 Å². The average Bonchev–Trinajstić information content (AvgIpc) is 2.64. The van der Waals surface area contributed by atoms with E-state index in [1.807, 2.05) is 29.2 Å². The first kappa shape index (κ1) is 19.9. The predicted molar refractivity (Wildman–Crippen MR) is 106 cm³/mol. The molecule has 3 rings (SSSR count). The van der Waals surface area contributed by atoms with Crippen LogP contribution in [-0.4, -0.2) is 41.1 Å². The van der Waals surface area contributed by atoms with Gasteiger partial charge in [-0.1, -0.05) is 35.9 Å². The van der Waals surface area contributed by atoms with E-state index in [0.29, 0.717) is 23.2 Å². The van der Waals surface area contributed by atoms with E-state index in [2.05, 4.69) is 10.2 Å². The molecule has 0 atom stereocenters. The van der Waals surface area contributed by atoms with Gasteiger partial charge in [-0.05, 0) is 42.0 Å². The molecule has 3 nitrogen and oxygen atoms in total. The number of thiocarbonyl (C=S) groups is 1. The van der Waals surface area contributed by atoms with Crippen LogP contribution in [-0.2, 0) is 12.7 Å². The van der Waals surface area contributed by atoms with Gasteiger partial charge >= 0.3 is 6.18 Å².